The van der Waals surface area contributed by atoms with Gasteiger partial charge in [0.1, 0.15) is 0 Å². The Balaban J connectivity index is -0.0000000417. The zero-order valence-electron chi connectivity index (χ0n) is 4.63. The molecule has 0 heterocycles. The minimum absolute atomic E-state index is 0. The number of hydrogen-bond acceptors (Lipinski definition) is 4. The second-order valence-electron chi connectivity index (χ2n) is 0.610. The summed E-state index contributed by atoms with van der Waals surface area (Å²) in [5.41, 5.74) is 0. The predicted molar refractivity (Wildman–Crippen MR) is 28.9 cm³/mol. The van der Waals surface area contributed by atoms with Crippen molar-refractivity contribution in [1.82, 2.24) is 12.3 Å². The highest BCUT2D eigenvalue weighted by molar-refractivity contribution is 6.27. The summed E-state index contributed by atoms with van der Waals surface area (Å²) in [4.78, 5) is 18.2. The summed E-state index contributed by atoms with van der Waals surface area (Å²) in [7, 11) is 0. The average Bonchev–Trinajstić information content (AvgIpc) is 1.36. The Hall–Kier alpha value is -1.18. The number of carboxylic acid groups (broad SMARTS) is 2. The lowest BCUT2D eigenvalue weighted by Crippen LogP contribution is -2.09. The first-order chi connectivity index (χ1) is 2.64. The fourth-order valence-electron chi connectivity index (χ4n) is 0. The van der Waals surface area contributed by atoms with Gasteiger partial charge in [-0.15, -0.1) is 0 Å². The van der Waals surface area contributed by atoms with E-state index in [2.05, 4.69) is 0 Å². The van der Waals surface area contributed by atoms with Gasteiger partial charge in [-0.25, -0.2) is 9.59 Å². The zero-order chi connectivity index (χ0) is 5.15. The van der Waals surface area contributed by atoms with Gasteiger partial charge in [0.05, 0.1) is 0 Å². The minimum Gasteiger partial charge on any atom is -0.473 e. The van der Waals surface area contributed by atoms with Crippen molar-refractivity contribution in [3.05, 3.63) is 0 Å². The van der Waals surface area contributed by atoms with Crippen LogP contribution in [0.25, 0.3) is 0 Å². The minimum atomic E-state index is -1.82. The number of carbonyl (C=O) groups is 2. The van der Waals surface area contributed by atoms with Crippen molar-refractivity contribution in [3.8, 4) is 0 Å². The van der Waals surface area contributed by atoms with Crippen molar-refractivity contribution in [2.75, 3.05) is 0 Å². The number of rotatable bonds is 0. The molecule has 0 saturated carbocycles. The number of hydrogen-bond donors (Lipinski definition) is 4. The molecule has 0 aliphatic carbocycles. The van der Waals surface area contributed by atoms with Gasteiger partial charge in [0.2, 0.25) is 0 Å². The summed E-state index contributed by atoms with van der Waals surface area (Å²) >= 11 is 0. The van der Waals surface area contributed by atoms with Crippen LogP contribution in [0.1, 0.15) is 0 Å². The van der Waals surface area contributed by atoms with Crippen LogP contribution < -0.4 is 12.3 Å². The molecule has 0 aromatic carbocycles. The molecule has 0 spiro atoms. The van der Waals surface area contributed by atoms with Gasteiger partial charge in [-0.05, 0) is 0 Å². The van der Waals surface area contributed by atoms with E-state index in [0.29, 0.717) is 0 Å². The fraction of sp³-hybridized carbons (Fsp3) is 0. The van der Waals surface area contributed by atoms with Gasteiger partial charge in [0.25, 0.3) is 0 Å². The van der Waals surface area contributed by atoms with Crippen LogP contribution in [0.15, 0.2) is 0 Å². The lowest BCUT2D eigenvalue weighted by atomic mass is 10.7. The molecule has 9 heavy (non-hydrogen) atoms. The van der Waals surface area contributed by atoms with Crippen LogP contribution in [0, 0.1) is 0 Å². The molecule has 7 heteroatoms. The molecule has 0 aliphatic rings. The molecule has 0 saturated heterocycles. The van der Waals surface area contributed by atoms with E-state index < -0.39 is 11.9 Å². The second kappa shape index (κ2) is 9.94. The van der Waals surface area contributed by atoms with E-state index in [4.69, 9.17) is 19.8 Å². The molecule has 58 valence electrons. The smallest absolute Gasteiger partial charge is 0.414 e. The van der Waals surface area contributed by atoms with E-state index in [1.807, 2.05) is 0 Å². The molecule has 10 N–H and O–H groups in total. The van der Waals surface area contributed by atoms with Gasteiger partial charge in [-0.2, -0.15) is 0 Å². The highest BCUT2D eigenvalue weighted by Crippen LogP contribution is 1.56. The Bertz CT molecular complexity index is 79.0. The van der Waals surface area contributed by atoms with E-state index in [0.717, 1.165) is 0 Å². The topological polar surface area (TPSA) is 176 Å². The molecular formula is C2H10N2O5. The fourth-order valence-corrected chi connectivity index (χ4v) is 0. The Morgan fingerprint density at radius 2 is 1.00 bits per heavy atom. The van der Waals surface area contributed by atoms with Gasteiger partial charge in [-0.1, -0.05) is 0 Å². The molecule has 0 bridgehead atoms. The molecule has 0 unspecified atom stereocenters. The second-order valence-corrected chi connectivity index (χ2v) is 0.610. The van der Waals surface area contributed by atoms with Crippen molar-refractivity contribution < 1.29 is 25.3 Å². The molecule has 0 amide bonds. The quantitative estimate of drug-likeness (QED) is 0.304. The molecule has 0 aromatic heterocycles. The van der Waals surface area contributed by atoms with Crippen LogP contribution in [-0.2, 0) is 9.59 Å². The lowest BCUT2D eigenvalue weighted by molar-refractivity contribution is -0.159. The predicted octanol–water partition coefficient (Wildman–Crippen LogP) is -1.35. The first kappa shape index (κ1) is 24.9. The van der Waals surface area contributed by atoms with Crippen LogP contribution in [-0.4, -0.2) is 27.6 Å². The van der Waals surface area contributed by atoms with E-state index in [1.165, 1.54) is 0 Å². The standard InChI is InChI=1S/C2H2O4.2H3N.H2O/c3-1(4)2(5)6;;;/h(H,3,4)(H,5,6);2*1H3;1H2. The summed E-state index contributed by atoms with van der Waals surface area (Å²) in [5, 5.41) is 14.8. The highest BCUT2D eigenvalue weighted by Gasteiger charge is 2.04. The van der Waals surface area contributed by atoms with Gasteiger partial charge < -0.3 is 28.0 Å². The largest absolute Gasteiger partial charge is 0.473 e. The Kier molecular flexibility index (Phi) is 27.5. The maximum Gasteiger partial charge on any atom is 0.414 e. The van der Waals surface area contributed by atoms with Gasteiger partial charge in [-0.3, -0.25) is 0 Å². The van der Waals surface area contributed by atoms with E-state index in [1.54, 1.807) is 0 Å². The highest BCUT2D eigenvalue weighted by atomic mass is 16.4. The van der Waals surface area contributed by atoms with Crippen LogP contribution >= 0.6 is 0 Å². The third-order valence-electron chi connectivity index (χ3n) is 0.183. The molecule has 0 atom stereocenters. The lowest BCUT2D eigenvalue weighted by Gasteiger charge is -1.72. The molecule has 0 fully saturated rings. The summed E-state index contributed by atoms with van der Waals surface area (Å²) in [6.07, 6.45) is 0. The van der Waals surface area contributed by atoms with Crippen molar-refractivity contribution in [3.63, 3.8) is 0 Å². The van der Waals surface area contributed by atoms with Gasteiger partial charge >= 0.3 is 11.9 Å². The van der Waals surface area contributed by atoms with Gasteiger partial charge in [0.15, 0.2) is 0 Å². The third kappa shape index (κ3) is 19.9. The molecule has 7 nitrogen and oxygen atoms in total. The van der Waals surface area contributed by atoms with Crippen molar-refractivity contribution in [1.29, 1.82) is 0 Å². The first-order valence-electron chi connectivity index (χ1n) is 1.11. The molecule has 0 aromatic rings. The van der Waals surface area contributed by atoms with Crippen LogP contribution in [0.4, 0.5) is 0 Å². The van der Waals surface area contributed by atoms with Crippen LogP contribution in [0.5, 0.6) is 0 Å². The van der Waals surface area contributed by atoms with Crippen molar-refractivity contribution >= 4 is 11.9 Å². The monoisotopic (exact) mass is 142 g/mol. The molecule has 0 radical (unpaired) electrons. The van der Waals surface area contributed by atoms with E-state index >= 15 is 0 Å². The normalized spacial score (nSPS) is 4.89. The summed E-state index contributed by atoms with van der Waals surface area (Å²) in [6.45, 7) is 0. The zero-order valence-corrected chi connectivity index (χ0v) is 4.63. The first-order valence-corrected chi connectivity index (χ1v) is 1.11. The number of aliphatic carboxylic acids is 2. The third-order valence-corrected chi connectivity index (χ3v) is 0.183. The Morgan fingerprint density at radius 1 is 0.889 bits per heavy atom. The maximum atomic E-state index is 9.10. The molecule has 0 rings (SSSR count). The number of carboxylic acids is 2. The van der Waals surface area contributed by atoms with Crippen LogP contribution in [0.3, 0.4) is 0 Å². The van der Waals surface area contributed by atoms with Crippen molar-refractivity contribution in [2.45, 2.75) is 0 Å². The summed E-state index contributed by atoms with van der Waals surface area (Å²) in [5.74, 6) is -3.65. The molecule has 0 aliphatic heterocycles. The van der Waals surface area contributed by atoms with Crippen LogP contribution in [0.2, 0.25) is 0 Å². The van der Waals surface area contributed by atoms with E-state index in [-0.39, 0.29) is 17.8 Å². The van der Waals surface area contributed by atoms with Crippen molar-refractivity contribution in [2.24, 2.45) is 0 Å². The van der Waals surface area contributed by atoms with E-state index in [9.17, 15) is 0 Å². The summed E-state index contributed by atoms with van der Waals surface area (Å²) < 4.78 is 0. The Labute approximate surface area is 50.8 Å². The average molecular weight is 142 g/mol. The molecular weight excluding hydrogens is 132 g/mol. The van der Waals surface area contributed by atoms with Gasteiger partial charge in [0, 0.05) is 0 Å². The summed E-state index contributed by atoms with van der Waals surface area (Å²) in [6, 6.07) is 0. The Morgan fingerprint density at radius 3 is 1.00 bits per heavy atom. The SMILES string of the molecule is N.N.O.O=C(O)C(=O)O. The maximum absolute atomic E-state index is 9.10.